The van der Waals surface area contributed by atoms with Crippen molar-refractivity contribution in [2.24, 2.45) is 0 Å². The molecule has 4 heteroatoms. The van der Waals surface area contributed by atoms with Crippen LogP contribution < -0.4 is 0 Å². The molecule has 53 valence electrons. The molecule has 0 aliphatic rings. The van der Waals surface area contributed by atoms with E-state index >= 15 is 0 Å². The molecule has 0 aliphatic heterocycles. The smallest absolute Gasteiger partial charge is 0.196 e. The molecule has 2 aromatic heterocycles. The first kappa shape index (κ1) is 6.03. The lowest BCUT2D eigenvalue weighted by molar-refractivity contribution is 1.11. The van der Waals surface area contributed by atoms with Gasteiger partial charge in [-0.1, -0.05) is 0 Å². The molecule has 0 bridgehead atoms. The Kier molecular flexibility index (Phi) is 1.37. The molecule has 1 N–H and O–H groups in total. The van der Waals surface area contributed by atoms with Crippen LogP contribution in [-0.2, 0) is 0 Å². The summed E-state index contributed by atoms with van der Waals surface area (Å²) >= 11 is 0. The van der Waals surface area contributed by atoms with Crippen molar-refractivity contribution in [1.29, 1.82) is 0 Å². The second kappa shape index (κ2) is 2.49. The van der Waals surface area contributed by atoms with E-state index in [1.165, 1.54) is 0 Å². The van der Waals surface area contributed by atoms with Crippen LogP contribution in [0.1, 0.15) is 0 Å². The van der Waals surface area contributed by atoms with Gasteiger partial charge in [-0.05, 0) is 6.07 Å². The van der Waals surface area contributed by atoms with Crippen LogP contribution in [0, 0.1) is 6.20 Å². The zero-order chi connectivity index (χ0) is 7.52. The number of H-pyrrole nitrogens is 1. The van der Waals surface area contributed by atoms with E-state index in [0.717, 1.165) is 0 Å². The Bertz CT molecular complexity index is 313. The molecule has 2 aromatic rings. The summed E-state index contributed by atoms with van der Waals surface area (Å²) in [5.74, 6) is 1.24. The Hall–Kier alpha value is -1.71. The van der Waals surface area contributed by atoms with E-state index < -0.39 is 0 Å². The maximum atomic E-state index is 3.99. The summed E-state index contributed by atoms with van der Waals surface area (Å²) in [5.41, 5.74) is 0. The number of nitrogens with one attached hydrogen (secondary N) is 1. The molecule has 0 atom stereocenters. The van der Waals surface area contributed by atoms with Gasteiger partial charge in [-0.15, -0.1) is 0 Å². The fourth-order valence-corrected chi connectivity index (χ4v) is 0.770. The van der Waals surface area contributed by atoms with Crippen molar-refractivity contribution >= 4 is 0 Å². The summed E-state index contributed by atoms with van der Waals surface area (Å²) in [6, 6.07) is 1.65. The van der Waals surface area contributed by atoms with Crippen LogP contribution in [0.3, 0.4) is 0 Å². The van der Waals surface area contributed by atoms with Crippen LogP contribution in [0.25, 0.3) is 11.6 Å². The average Bonchev–Trinajstić information content (AvgIpc) is 2.58. The second-order valence-electron chi connectivity index (χ2n) is 1.95. The van der Waals surface area contributed by atoms with E-state index in [4.69, 9.17) is 0 Å². The van der Waals surface area contributed by atoms with Crippen LogP contribution in [0.15, 0.2) is 24.7 Å². The maximum absolute atomic E-state index is 3.99. The third-order valence-corrected chi connectivity index (χ3v) is 1.23. The van der Waals surface area contributed by atoms with Crippen LogP contribution in [-0.4, -0.2) is 19.9 Å². The second-order valence-corrected chi connectivity index (χ2v) is 1.95. The summed E-state index contributed by atoms with van der Waals surface area (Å²) in [5, 5.41) is 0. The van der Waals surface area contributed by atoms with Gasteiger partial charge < -0.3 is 4.98 Å². The van der Waals surface area contributed by atoms with Crippen molar-refractivity contribution in [1.82, 2.24) is 19.9 Å². The number of hydrogen-bond acceptors (Lipinski definition) is 3. The van der Waals surface area contributed by atoms with Gasteiger partial charge in [0.05, 0.1) is 6.20 Å². The number of hydrogen-bond donors (Lipinski definition) is 1. The third-order valence-electron chi connectivity index (χ3n) is 1.23. The Morgan fingerprint density at radius 3 is 2.91 bits per heavy atom. The predicted octanol–water partition coefficient (Wildman–Crippen LogP) is 0.667. The molecule has 2 heterocycles. The van der Waals surface area contributed by atoms with Crippen LogP contribution >= 0.6 is 0 Å². The van der Waals surface area contributed by atoms with Gasteiger partial charge in [-0.2, -0.15) is 0 Å². The topological polar surface area (TPSA) is 54.5 Å². The first-order chi connectivity index (χ1) is 5.47. The minimum absolute atomic E-state index is 0.567. The van der Waals surface area contributed by atoms with Gasteiger partial charge in [0, 0.05) is 18.6 Å². The highest BCUT2D eigenvalue weighted by atomic mass is 15.0. The van der Waals surface area contributed by atoms with Crippen molar-refractivity contribution < 1.29 is 0 Å². The van der Waals surface area contributed by atoms with Crippen molar-refractivity contribution in [3.8, 4) is 11.6 Å². The first-order valence-corrected chi connectivity index (χ1v) is 3.15. The Morgan fingerprint density at radius 1 is 1.27 bits per heavy atom. The molecule has 0 amide bonds. The number of imidazole rings is 1. The molecule has 0 spiro atoms. The number of nitrogens with zero attached hydrogens (tertiary/aromatic N) is 3. The van der Waals surface area contributed by atoms with Crippen molar-refractivity contribution in [2.45, 2.75) is 0 Å². The molecule has 0 aliphatic carbocycles. The van der Waals surface area contributed by atoms with E-state index in [-0.39, 0.29) is 0 Å². The Labute approximate surface area is 63.4 Å². The monoisotopic (exact) mass is 145 g/mol. The zero-order valence-electron chi connectivity index (χ0n) is 5.65. The van der Waals surface area contributed by atoms with Gasteiger partial charge in [0.25, 0.3) is 0 Å². The molecule has 0 unspecified atom stereocenters. The lowest BCUT2D eigenvalue weighted by atomic mass is 10.5. The first-order valence-electron chi connectivity index (χ1n) is 3.15. The highest BCUT2D eigenvalue weighted by Crippen LogP contribution is 2.04. The largest absolute Gasteiger partial charge is 0.342 e. The summed E-state index contributed by atoms with van der Waals surface area (Å²) in [7, 11) is 0. The third kappa shape index (κ3) is 1.10. The summed E-state index contributed by atoms with van der Waals surface area (Å²) in [4.78, 5) is 14.8. The molecule has 1 radical (unpaired) electrons. The molecule has 2 rings (SSSR count). The molecule has 11 heavy (non-hydrogen) atoms. The lowest BCUT2D eigenvalue weighted by Gasteiger charge is -1.89. The van der Waals surface area contributed by atoms with Gasteiger partial charge in [-0.25, -0.2) is 15.0 Å². The molecular formula is C7H5N4. The minimum Gasteiger partial charge on any atom is -0.342 e. The summed E-state index contributed by atoms with van der Waals surface area (Å²) in [6.45, 7) is 0. The SMILES string of the molecule is [c]1ccnc(-c2ncc[nH]2)n1. The van der Waals surface area contributed by atoms with Crippen LogP contribution in [0.2, 0.25) is 0 Å². The lowest BCUT2D eigenvalue weighted by Crippen LogP contribution is -1.87. The number of aromatic amines is 1. The number of aromatic nitrogens is 4. The fourth-order valence-electron chi connectivity index (χ4n) is 0.770. The fraction of sp³-hybridized carbons (Fsp3) is 0. The minimum atomic E-state index is 0.567. The molecule has 0 fully saturated rings. The van der Waals surface area contributed by atoms with E-state index in [2.05, 4.69) is 26.1 Å². The van der Waals surface area contributed by atoms with E-state index in [9.17, 15) is 0 Å². The molecule has 4 nitrogen and oxygen atoms in total. The van der Waals surface area contributed by atoms with Gasteiger partial charge in [-0.3, -0.25) is 0 Å². The Morgan fingerprint density at radius 2 is 2.27 bits per heavy atom. The van der Waals surface area contributed by atoms with Gasteiger partial charge in [0.15, 0.2) is 11.6 Å². The summed E-state index contributed by atoms with van der Waals surface area (Å²) < 4.78 is 0. The van der Waals surface area contributed by atoms with Gasteiger partial charge >= 0.3 is 0 Å². The molecule has 0 saturated carbocycles. The van der Waals surface area contributed by atoms with Gasteiger partial charge in [0.2, 0.25) is 0 Å². The average molecular weight is 145 g/mol. The van der Waals surface area contributed by atoms with Crippen LogP contribution in [0.5, 0.6) is 0 Å². The number of rotatable bonds is 1. The standard InChI is InChI=1S/C7H5N4/c1-2-8-6(9-3-1)7-10-4-5-11-7/h1-2,4-5H,(H,10,11). The van der Waals surface area contributed by atoms with Crippen molar-refractivity contribution in [3.05, 3.63) is 30.9 Å². The maximum Gasteiger partial charge on any atom is 0.196 e. The highest BCUT2D eigenvalue weighted by molar-refractivity contribution is 5.40. The van der Waals surface area contributed by atoms with E-state index in [1.807, 2.05) is 0 Å². The highest BCUT2D eigenvalue weighted by Gasteiger charge is 1.99. The quantitative estimate of drug-likeness (QED) is 0.641. The van der Waals surface area contributed by atoms with Crippen molar-refractivity contribution in [3.63, 3.8) is 0 Å². The van der Waals surface area contributed by atoms with Crippen molar-refractivity contribution in [2.75, 3.05) is 0 Å². The molecular weight excluding hydrogens is 140 g/mol. The molecule has 0 saturated heterocycles. The predicted molar refractivity (Wildman–Crippen MR) is 38.4 cm³/mol. The normalized spacial score (nSPS) is 9.82. The summed E-state index contributed by atoms with van der Waals surface area (Å²) in [6.07, 6.45) is 7.69. The van der Waals surface area contributed by atoms with E-state index in [0.29, 0.717) is 11.6 Å². The Balaban J connectivity index is 2.46. The zero-order valence-corrected chi connectivity index (χ0v) is 5.65. The van der Waals surface area contributed by atoms with E-state index in [1.54, 1.807) is 24.7 Å². The molecule has 0 aromatic carbocycles. The van der Waals surface area contributed by atoms with Crippen LogP contribution in [0.4, 0.5) is 0 Å². The van der Waals surface area contributed by atoms with Gasteiger partial charge in [0.1, 0.15) is 0 Å².